The molecule has 1 aromatic rings. The number of hydrogen-bond acceptors (Lipinski definition) is 3. The van der Waals surface area contributed by atoms with E-state index in [1.54, 1.807) is 0 Å². The van der Waals surface area contributed by atoms with Gasteiger partial charge < -0.3 is 10.8 Å². The lowest BCUT2D eigenvalue weighted by molar-refractivity contribution is 0.228. The highest BCUT2D eigenvalue weighted by Crippen LogP contribution is 2.19. The Morgan fingerprint density at radius 1 is 1.29 bits per heavy atom. The van der Waals surface area contributed by atoms with E-state index < -0.39 is 0 Å². The van der Waals surface area contributed by atoms with Crippen molar-refractivity contribution >= 4 is 11.8 Å². The van der Waals surface area contributed by atoms with Crippen molar-refractivity contribution in [2.75, 3.05) is 18.9 Å². The monoisotopic (exact) mass is 211 g/mol. The summed E-state index contributed by atoms with van der Waals surface area (Å²) >= 11 is 1.81. The van der Waals surface area contributed by atoms with Gasteiger partial charge in [-0.3, -0.25) is 0 Å². The molecule has 0 radical (unpaired) electrons. The Balaban J connectivity index is 2.21. The third-order valence-corrected chi connectivity index (χ3v) is 3.17. The van der Waals surface area contributed by atoms with Crippen LogP contribution in [-0.4, -0.2) is 24.0 Å². The molecule has 1 rings (SSSR count). The van der Waals surface area contributed by atoms with Crippen molar-refractivity contribution in [3.63, 3.8) is 0 Å². The van der Waals surface area contributed by atoms with Gasteiger partial charge in [-0.05, 0) is 36.8 Å². The fourth-order valence-electron chi connectivity index (χ4n) is 1.14. The molecule has 0 aliphatic heterocycles. The number of hydrogen-bond donors (Lipinski definition) is 2. The van der Waals surface area contributed by atoms with Crippen molar-refractivity contribution in [3.8, 4) is 0 Å². The van der Waals surface area contributed by atoms with Crippen LogP contribution < -0.4 is 5.73 Å². The Morgan fingerprint density at radius 2 is 2.00 bits per heavy atom. The fourth-order valence-corrected chi connectivity index (χ4v) is 2.18. The van der Waals surface area contributed by atoms with Crippen LogP contribution in [0.15, 0.2) is 35.2 Å². The van der Waals surface area contributed by atoms with Gasteiger partial charge in [-0.1, -0.05) is 18.2 Å². The maximum atomic E-state index is 8.93. The van der Waals surface area contributed by atoms with Gasteiger partial charge in [0.1, 0.15) is 0 Å². The molecule has 1 unspecified atom stereocenters. The highest BCUT2D eigenvalue weighted by atomic mass is 32.2. The minimum absolute atomic E-state index is 0.200. The van der Waals surface area contributed by atoms with E-state index in [1.165, 1.54) is 4.90 Å². The first-order valence-electron chi connectivity index (χ1n) is 4.85. The normalized spacial score (nSPS) is 12.7. The molecular formula is C11H17NOS. The van der Waals surface area contributed by atoms with Crippen molar-refractivity contribution in [1.29, 1.82) is 0 Å². The predicted octanol–water partition coefficient (Wildman–Crippen LogP) is 1.74. The van der Waals surface area contributed by atoms with Crippen LogP contribution in [0.4, 0.5) is 0 Å². The second-order valence-electron chi connectivity index (χ2n) is 3.23. The van der Waals surface area contributed by atoms with Gasteiger partial charge in [0.25, 0.3) is 0 Å². The highest BCUT2D eigenvalue weighted by molar-refractivity contribution is 7.99. The summed E-state index contributed by atoms with van der Waals surface area (Å²) < 4.78 is 0. The third kappa shape index (κ3) is 4.13. The van der Waals surface area contributed by atoms with E-state index in [9.17, 15) is 0 Å². The summed E-state index contributed by atoms with van der Waals surface area (Å²) in [5.41, 5.74) is 5.49. The summed E-state index contributed by atoms with van der Waals surface area (Å²) in [6.07, 6.45) is 0.979. The second kappa shape index (κ2) is 6.87. The summed E-state index contributed by atoms with van der Waals surface area (Å²) in [4.78, 5) is 1.28. The van der Waals surface area contributed by atoms with Gasteiger partial charge in [0.2, 0.25) is 0 Å². The molecule has 1 aromatic carbocycles. The van der Waals surface area contributed by atoms with Crippen molar-refractivity contribution in [1.82, 2.24) is 0 Å². The van der Waals surface area contributed by atoms with Crippen LogP contribution in [0, 0.1) is 5.92 Å². The van der Waals surface area contributed by atoms with Gasteiger partial charge in [0, 0.05) is 11.5 Å². The Labute approximate surface area is 89.5 Å². The molecule has 0 spiro atoms. The molecule has 3 heteroatoms. The Bertz CT molecular complexity index is 236. The lowest BCUT2D eigenvalue weighted by Crippen LogP contribution is -2.18. The molecule has 0 fully saturated rings. The van der Waals surface area contributed by atoms with Gasteiger partial charge in [0.05, 0.1) is 0 Å². The van der Waals surface area contributed by atoms with E-state index in [2.05, 4.69) is 12.1 Å². The molecular weight excluding hydrogens is 194 g/mol. The SMILES string of the molecule is NCC(CO)CCSc1ccccc1. The summed E-state index contributed by atoms with van der Waals surface area (Å²) in [7, 11) is 0. The number of aliphatic hydroxyl groups excluding tert-OH is 1. The molecule has 0 aromatic heterocycles. The molecule has 0 amide bonds. The van der Waals surface area contributed by atoms with E-state index in [1.807, 2.05) is 30.0 Å². The van der Waals surface area contributed by atoms with Gasteiger partial charge >= 0.3 is 0 Å². The molecule has 0 bridgehead atoms. The van der Waals surface area contributed by atoms with E-state index in [0.29, 0.717) is 6.54 Å². The maximum absolute atomic E-state index is 8.93. The summed E-state index contributed by atoms with van der Waals surface area (Å²) in [6, 6.07) is 10.3. The van der Waals surface area contributed by atoms with Crippen LogP contribution in [0.2, 0.25) is 0 Å². The van der Waals surface area contributed by atoms with Crippen molar-refractivity contribution in [2.24, 2.45) is 11.7 Å². The van der Waals surface area contributed by atoms with Crippen molar-refractivity contribution < 1.29 is 5.11 Å². The predicted molar refractivity (Wildman–Crippen MR) is 61.4 cm³/mol. The quantitative estimate of drug-likeness (QED) is 0.705. The van der Waals surface area contributed by atoms with E-state index in [-0.39, 0.29) is 12.5 Å². The molecule has 3 N–H and O–H groups in total. The summed E-state index contributed by atoms with van der Waals surface area (Å²) in [5.74, 6) is 1.28. The number of rotatable bonds is 6. The highest BCUT2D eigenvalue weighted by Gasteiger charge is 2.04. The number of thioether (sulfide) groups is 1. The average Bonchev–Trinajstić information content (AvgIpc) is 2.26. The zero-order valence-electron chi connectivity index (χ0n) is 8.23. The van der Waals surface area contributed by atoms with E-state index in [0.717, 1.165) is 12.2 Å². The van der Waals surface area contributed by atoms with Gasteiger partial charge in [-0.15, -0.1) is 11.8 Å². The van der Waals surface area contributed by atoms with Crippen molar-refractivity contribution in [3.05, 3.63) is 30.3 Å². The van der Waals surface area contributed by atoms with Crippen LogP contribution in [-0.2, 0) is 0 Å². The first-order valence-corrected chi connectivity index (χ1v) is 5.84. The lowest BCUT2D eigenvalue weighted by atomic mass is 10.1. The molecule has 0 aliphatic rings. The first kappa shape index (κ1) is 11.6. The lowest BCUT2D eigenvalue weighted by Gasteiger charge is -2.10. The largest absolute Gasteiger partial charge is 0.396 e. The van der Waals surface area contributed by atoms with E-state index in [4.69, 9.17) is 10.8 Å². The van der Waals surface area contributed by atoms with E-state index >= 15 is 0 Å². The fraction of sp³-hybridized carbons (Fsp3) is 0.455. The molecule has 14 heavy (non-hydrogen) atoms. The molecule has 78 valence electrons. The number of benzene rings is 1. The minimum Gasteiger partial charge on any atom is -0.396 e. The molecule has 0 aliphatic carbocycles. The summed E-state index contributed by atoms with van der Waals surface area (Å²) in [6.45, 7) is 0.775. The number of aliphatic hydroxyl groups is 1. The zero-order chi connectivity index (χ0) is 10.2. The topological polar surface area (TPSA) is 46.2 Å². The van der Waals surface area contributed by atoms with Crippen LogP contribution in [0.25, 0.3) is 0 Å². The van der Waals surface area contributed by atoms with Gasteiger partial charge in [-0.25, -0.2) is 0 Å². The molecule has 1 atom stereocenters. The van der Waals surface area contributed by atoms with Crippen LogP contribution in [0.3, 0.4) is 0 Å². The molecule has 0 saturated carbocycles. The second-order valence-corrected chi connectivity index (χ2v) is 4.40. The average molecular weight is 211 g/mol. The molecule has 2 nitrogen and oxygen atoms in total. The minimum atomic E-state index is 0.200. The molecule has 0 saturated heterocycles. The third-order valence-electron chi connectivity index (χ3n) is 2.13. The standard InChI is InChI=1S/C11H17NOS/c12-8-10(9-13)6-7-14-11-4-2-1-3-5-11/h1-5,10,13H,6-9,12H2. The Hall–Kier alpha value is -0.510. The van der Waals surface area contributed by atoms with Crippen LogP contribution in [0.5, 0.6) is 0 Å². The zero-order valence-corrected chi connectivity index (χ0v) is 9.04. The van der Waals surface area contributed by atoms with Crippen molar-refractivity contribution in [2.45, 2.75) is 11.3 Å². The molecule has 0 heterocycles. The first-order chi connectivity index (χ1) is 6.86. The smallest absolute Gasteiger partial charge is 0.0471 e. The Morgan fingerprint density at radius 3 is 2.57 bits per heavy atom. The van der Waals surface area contributed by atoms with Crippen LogP contribution in [0.1, 0.15) is 6.42 Å². The maximum Gasteiger partial charge on any atom is 0.0471 e. The summed E-state index contributed by atoms with van der Waals surface area (Å²) in [5, 5.41) is 8.93. The van der Waals surface area contributed by atoms with Gasteiger partial charge in [-0.2, -0.15) is 0 Å². The Kier molecular flexibility index (Phi) is 5.68. The number of nitrogens with two attached hydrogens (primary N) is 1. The van der Waals surface area contributed by atoms with Crippen LogP contribution >= 0.6 is 11.8 Å². The van der Waals surface area contributed by atoms with Gasteiger partial charge in [0.15, 0.2) is 0 Å².